The Morgan fingerprint density at radius 3 is 2.55 bits per heavy atom. The Balaban J connectivity index is 3.07. The zero-order chi connectivity index (χ0) is 8.65. The van der Waals surface area contributed by atoms with Crippen molar-refractivity contribution < 1.29 is 9.53 Å². The van der Waals surface area contributed by atoms with E-state index in [9.17, 15) is 10.0 Å². The second-order valence-corrected chi connectivity index (χ2v) is 3.62. The van der Waals surface area contributed by atoms with E-state index in [1.54, 1.807) is 6.92 Å². The number of hydrogen-bond acceptors (Lipinski definition) is 2. The number of carbonyl (C=O) groups is 1. The zero-order valence-electron chi connectivity index (χ0n) is 7.18. The van der Waals surface area contributed by atoms with Crippen LogP contribution < -0.4 is 0 Å². The van der Waals surface area contributed by atoms with E-state index < -0.39 is 5.54 Å². The van der Waals surface area contributed by atoms with E-state index in [-0.39, 0.29) is 5.78 Å². The van der Waals surface area contributed by atoms with E-state index in [0.29, 0.717) is 18.6 Å². The number of ketones is 1. The lowest BCUT2D eigenvalue weighted by Gasteiger charge is -2.28. The maximum Gasteiger partial charge on any atom is 0.227 e. The molecule has 0 saturated carbocycles. The first-order valence-corrected chi connectivity index (χ1v) is 3.79. The topological polar surface area (TPSA) is 43.1 Å². The third kappa shape index (κ3) is 1.27. The second-order valence-electron chi connectivity index (χ2n) is 3.62. The molecule has 0 aromatic rings. The molecule has 0 atom stereocenters. The molecule has 0 spiro atoms. The lowest BCUT2D eigenvalue weighted by atomic mass is 9.92. The van der Waals surface area contributed by atoms with E-state index in [2.05, 4.69) is 0 Å². The fraction of sp³-hybridized carbons (Fsp3) is 0.750. The maximum atomic E-state index is 11.3. The molecular weight excluding hydrogens is 142 g/mol. The Bertz CT molecular complexity index is 228. The van der Waals surface area contributed by atoms with Crippen molar-refractivity contribution in [3.05, 3.63) is 5.21 Å². The Hall–Kier alpha value is -0.860. The summed E-state index contributed by atoms with van der Waals surface area (Å²) in [6.45, 7) is 5.31. The van der Waals surface area contributed by atoms with Gasteiger partial charge in [0.1, 0.15) is 0 Å². The van der Waals surface area contributed by atoms with E-state index in [0.717, 1.165) is 4.74 Å². The number of rotatable bonds is 0. The average Bonchev–Trinajstić information content (AvgIpc) is 1.95. The summed E-state index contributed by atoms with van der Waals surface area (Å²) < 4.78 is 0.832. The minimum absolute atomic E-state index is 0.0145. The molecule has 1 aliphatic heterocycles. The Morgan fingerprint density at radius 2 is 2.09 bits per heavy atom. The highest BCUT2D eigenvalue weighted by Gasteiger charge is 2.35. The molecule has 0 aromatic carbocycles. The van der Waals surface area contributed by atoms with Crippen LogP contribution in [0.4, 0.5) is 0 Å². The van der Waals surface area contributed by atoms with Crippen molar-refractivity contribution in [1.29, 1.82) is 0 Å². The van der Waals surface area contributed by atoms with Crippen LogP contribution in [-0.4, -0.2) is 21.8 Å². The monoisotopic (exact) mass is 155 g/mol. The van der Waals surface area contributed by atoms with Crippen molar-refractivity contribution in [2.45, 2.75) is 39.2 Å². The van der Waals surface area contributed by atoms with Gasteiger partial charge in [0.2, 0.25) is 11.5 Å². The molecule has 11 heavy (non-hydrogen) atoms. The largest absolute Gasteiger partial charge is 0.623 e. The van der Waals surface area contributed by atoms with Crippen molar-refractivity contribution >= 4 is 11.5 Å². The van der Waals surface area contributed by atoms with E-state index in [1.807, 2.05) is 13.8 Å². The molecule has 0 unspecified atom stereocenters. The number of Topliss-reactive ketones (excluding diaryl/α,β-unsaturated/α-hetero) is 1. The molecule has 0 N–H and O–H groups in total. The normalized spacial score (nSPS) is 24.1. The second kappa shape index (κ2) is 2.32. The Labute approximate surface area is 66.3 Å². The fourth-order valence-electron chi connectivity index (χ4n) is 1.27. The van der Waals surface area contributed by atoms with Gasteiger partial charge in [0, 0.05) is 33.6 Å². The minimum atomic E-state index is -0.391. The third-order valence-electron chi connectivity index (χ3n) is 2.22. The maximum absolute atomic E-state index is 11.3. The van der Waals surface area contributed by atoms with Gasteiger partial charge in [0.15, 0.2) is 5.54 Å². The molecule has 0 aromatic heterocycles. The van der Waals surface area contributed by atoms with Gasteiger partial charge in [0.05, 0.1) is 0 Å². The lowest BCUT2D eigenvalue weighted by Crippen LogP contribution is -2.43. The van der Waals surface area contributed by atoms with Gasteiger partial charge < -0.3 is 5.21 Å². The van der Waals surface area contributed by atoms with Gasteiger partial charge in [-0.1, -0.05) is 0 Å². The molecule has 1 heterocycles. The highest BCUT2D eigenvalue weighted by atomic mass is 16.5. The summed E-state index contributed by atoms with van der Waals surface area (Å²) in [7, 11) is 0. The molecule has 3 nitrogen and oxygen atoms in total. The summed E-state index contributed by atoms with van der Waals surface area (Å²) in [5.41, 5.74) is -0.0425. The van der Waals surface area contributed by atoms with Crippen LogP contribution in [0.15, 0.2) is 0 Å². The molecule has 3 heteroatoms. The molecule has 0 radical (unpaired) electrons. The van der Waals surface area contributed by atoms with Crippen LogP contribution in [0.1, 0.15) is 33.6 Å². The van der Waals surface area contributed by atoms with Gasteiger partial charge in [0.25, 0.3) is 0 Å². The van der Waals surface area contributed by atoms with E-state index in [4.69, 9.17) is 0 Å². The predicted octanol–water partition coefficient (Wildman–Crippen LogP) is 1.10. The summed E-state index contributed by atoms with van der Waals surface area (Å²) in [6.07, 6.45) is 1.17. The van der Waals surface area contributed by atoms with Crippen LogP contribution in [0.3, 0.4) is 0 Å². The molecule has 0 saturated heterocycles. The van der Waals surface area contributed by atoms with Crippen LogP contribution in [0.5, 0.6) is 0 Å². The van der Waals surface area contributed by atoms with Crippen molar-refractivity contribution in [3.63, 3.8) is 0 Å². The van der Waals surface area contributed by atoms with Gasteiger partial charge in [-0.15, -0.1) is 0 Å². The summed E-state index contributed by atoms with van der Waals surface area (Å²) in [4.78, 5) is 11.0. The van der Waals surface area contributed by atoms with Crippen LogP contribution >= 0.6 is 0 Å². The zero-order valence-corrected chi connectivity index (χ0v) is 7.18. The van der Waals surface area contributed by atoms with Crippen LogP contribution in [0.25, 0.3) is 0 Å². The third-order valence-corrected chi connectivity index (χ3v) is 2.22. The number of carbonyl (C=O) groups excluding carboxylic acids is 1. The van der Waals surface area contributed by atoms with Gasteiger partial charge >= 0.3 is 0 Å². The first-order valence-electron chi connectivity index (χ1n) is 3.79. The Morgan fingerprint density at radius 1 is 1.55 bits per heavy atom. The molecule has 0 bridgehead atoms. The number of nitrogens with zero attached hydrogens (tertiary/aromatic N) is 1. The molecular formula is C8H13NO2. The van der Waals surface area contributed by atoms with Crippen molar-refractivity contribution in [2.24, 2.45) is 0 Å². The standard InChI is InChI=1S/C8H13NO2/c1-6-7(10)4-5-8(2,3)9(6)11/h4-5H2,1-3H3. The van der Waals surface area contributed by atoms with Gasteiger partial charge in [-0.2, -0.15) is 0 Å². The summed E-state index contributed by atoms with van der Waals surface area (Å²) in [5.74, 6) is -0.0145. The number of hydrogen-bond donors (Lipinski definition) is 0. The SMILES string of the molecule is CC1=[N+]([O-])C(C)(C)CCC1=O. The highest BCUT2D eigenvalue weighted by Crippen LogP contribution is 2.20. The van der Waals surface area contributed by atoms with Crippen LogP contribution in [0, 0.1) is 5.21 Å². The molecule has 1 rings (SSSR count). The Kier molecular flexibility index (Phi) is 1.74. The van der Waals surface area contributed by atoms with E-state index >= 15 is 0 Å². The molecule has 0 amide bonds. The minimum Gasteiger partial charge on any atom is -0.623 e. The first-order chi connectivity index (χ1) is 4.95. The smallest absolute Gasteiger partial charge is 0.227 e. The highest BCUT2D eigenvalue weighted by molar-refractivity contribution is 6.37. The molecule has 0 fully saturated rings. The molecule has 0 aliphatic carbocycles. The average molecular weight is 155 g/mol. The van der Waals surface area contributed by atoms with Gasteiger partial charge in [-0.05, 0) is 0 Å². The van der Waals surface area contributed by atoms with Crippen molar-refractivity contribution in [3.8, 4) is 0 Å². The van der Waals surface area contributed by atoms with Crippen LogP contribution in [-0.2, 0) is 4.79 Å². The van der Waals surface area contributed by atoms with Gasteiger partial charge in [-0.3, -0.25) is 4.79 Å². The van der Waals surface area contributed by atoms with Gasteiger partial charge in [-0.25, -0.2) is 4.74 Å². The fourth-order valence-corrected chi connectivity index (χ4v) is 1.27. The molecule has 1 aliphatic rings. The summed E-state index contributed by atoms with van der Waals surface area (Å²) in [6, 6.07) is 0. The van der Waals surface area contributed by atoms with Crippen LogP contribution in [0.2, 0.25) is 0 Å². The lowest BCUT2D eigenvalue weighted by molar-refractivity contribution is -0.543. The van der Waals surface area contributed by atoms with Crippen molar-refractivity contribution in [2.75, 3.05) is 0 Å². The number of hydroxylamine groups is 1. The van der Waals surface area contributed by atoms with Crippen molar-refractivity contribution in [1.82, 2.24) is 0 Å². The summed E-state index contributed by atoms with van der Waals surface area (Å²) in [5, 5.41) is 11.3. The molecule has 62 valence electrons. The first kappa shape index (κ1) is 8.24. The summed E-state index contributed by atoms with van der Waals surface area (Å²) >= 11 is 0. The quantitative estimate of drug-likeness (QED) is 0.388. The van der Waals surface area contributed by atoms with E-state index in [1.165, 1.54) is 0 Å². The predicted molar refractivity (Wildman–Crippen MR) is 42.6 cm³/mol.